The molecule has 0 spiro atoms. The normalized spacial score (nSPS) is 20.7. The molecule has 0 aliphatic carbocycles. The number of nitrogens with zero attached hydrogens (tertiary/aromatic N) is 2. The number of nitro groups is 1. The highest BCUT2D eigenvalue weighted by atomic mass is 16.6. The Morgan fingerprint density at radius 2 is 2.00 bits per heavy atom. The molecule has 1 atom stereocenters. The largest absolute Gasteiger partial charge is 0.378 e. The van der Waals surface area contributed by atoms with Gasteiger partial charge in [-0.15, -0.1) is 0 Å². The molecule has 5 nitrogen and oxygen atoms in total. The quantitative estimate of drug-likeness (QED) is 0.589. The zero-order valence-corrected chi connectivity index (χ0v) is 14.7. The highest BCUT2D eigenvalue weighted by Crippen LogP contribution is 2.38. The van der Waals surface area contributed by atoms with Crippen LogP contribution in [0, 0.1) is 22.0 Å². The van der Waals surface area contributed by atoms with Gasteiger partial charge in [-0.1, -0.05) is 27.7 Å². The van der Waals surface area contributed by atoms with Gasteiger partial charge in [0.05, 0.1) is 16.3 Å². The third-order valence-corrected chi connectivity index (χ3v) is 4.00. The molecule has 2 rings (SSSR count). The molecule has 0 amide bonds. The van der Waals surface area contributed by atoms with Crippen LogP contribution in [0.5, 0.6) is 0 Å². The molecule has 0 aromatic heterocycles. The van der Waals surface area contributed by atoms with Gasteiger partial charge in [0.1, 0.15) is 0 Å². The first-order chi connectivity index (χ1) is 10.7. The topological polar surface area (TPSA) is 67.5 Å². The van der Waals surface area contributed by atoms with Crippen molar-refractivity contribution in [2.75, 3.05) is 5.32 Å². The van der Waals surface area contributed by atoms with Crippen molar-refractivity contribution >= 4 is 22.8 Å². The molecule has 1 unspecified atom stereocenters. The summed E-state index contributed by atoms with van der Waals surface area (Å²) < 4.78 is 0. The standard InChI is InChI=1S/C18H27N3O2/c1-12(2)8-14-11-18(5,10-13(3)4)20-17-9-15(21(22)23)6-7-16(17)19-14/h6-7,9,12-13,20H,8,10-11H2,1-5H3. The first kappa shape index (κ1) is 17.4. The fourth-order valence-corrected chi connectivity index (χ4v) is 3.48. The number of non-ortho nitro benzene ring substituents is 1. The van der Waals surface area contributed by atoms with Gasteiger partial charge >= 0.3 is 0 Å². The van der Waals surface area contributed by atoms with Gasteiger partial charge in [0.25, 0.3) is 5.69 Å². The number of benzene rings is 1. The Bertz CT molecular complexity index is 623. The fraction of sp³-hybridized carbons (Fsp3) is 0.611. The maximum absolute atomic E-state index is 11.1. The average Bonchev–Trinajstić information content (AvgIpc) is 2.50. The van der Waals surface area contributed by atoms with Gasteiger partial charge in [0.15, 0.2) is 0 Å². The predicted molar refractivity (Wildman–Crippen MR) is 95.7 cm³/mol. The van der Waals surface area contributed by atoms with Crippen molar-refractivity contribution in [1.82, 2.24) is 0 Å². The van der Waals surface area contributed by atoms with Crippen LogP contribution in [-0.4, -0.2) is 16.2 Å². The van der Waals surface area contributed by atoms with Gasteiger partial charge in [0, 0.05) is 29.8 Å². The minimum atomic E-state index is -0.356. The maximum Gasteiger partial charge on any atom is 0.271 e. The van der Waals surface area contributed by atoms with Gasteiger partial charge < -0.3 is 5.32 Å². The van der Waals surface area contributed by atoms with E-state index in [-0.39, 0.29) is 16.1 Å². The molecule has 1 aliphatic rings. The number of aliphatic imine (C=N–C) groups is 1. The number of rotatable bonds is 5. The number of anilines is 1. The molecule has 0 fully saturated rings. The molecule has 0 saturated carbocycles. The van der Waals surface area contributed by atoms with Crippen molar-refractivity contribution in [3.8, 4) is 0 Å². The smallest absolute Gasteiger partial charge is 0.271 e. The molecule has 0 saturated heterocycles. The van der Waals surface area contributed by atoms with E-state index in [1.165, 1.54) is 11.8 Å². The molecule has 1 aromatic rings. The highest BCUT2D eigenvalue weighted by Gasteiger charge is 2.31. The molecule has 126 valence electrons. The van der Waals surface area contributed by atoms with E-state index in [4.69, 9.17) is 4.99 Å². The fourth-order valence-electron chi connectivity index (χ4n) is 3.48. The van der Waals surface area contributed by atoms with E-state index in [1.807, 2.05) is 0 Å². The lowest BCUT2D eigenvalue weighted by Crippen LogP contribution is -2.38. The second-order valence-corrected chi connectivity index (χ2v) is 7.69. The van der Waals surface area contributed by atoms with Gasteiger partial charge in [-0.3, -0.25) is 15.1 Å². The van der Waals surface area contributed by atoms with Crippen LogP contribution in [0.4, 0.5) is 17.1 Å². The lowest BCUT2D eigenvalue weighted by Gasteiger charge is -2.33. The Morgan fingerprint density at radius 3 is 2.57 bits per heavy atom. The first-order valence-corrected chi connectivity index (χ1v) is 8.31. The highest BCUT2D eigenvalue weighted by molar-refractivity contribution is 5.92. The monoisotopic (exact) mass is 317 g/mol. The average molecular weight is 317 g/mol. The molecular formula is C18H27N3O2. The Labute approximate surface area is 138 Å². The van der Waals surface area contributed by atoms with E-state index in [2.05, 4.69) is 39.9 Å². The summed E-state index contributed by atoms with van der Waals surface area (Å²) in [7, 11) is 0. The number of fused-ring (bicyclic) bond motifs is 1. The summed E-state index contributed by atoms with van der Waals surface area (Å²) in [6.45, 7) is 11.0. The number of nitrogens with one attached hydrogen (secondary N) is 1. The molecule has 1 aliphatic heterocycles. The van der Waals surface area contributed by atoms with E-state index < -0.39 is 0 Å². The van der Waals surface area contributed by atoms with Crippen LogP contribution in [0.3, 0.4) is 0 Å². The Kier molecular flexibility index (Phi) is 5.07. The summed E-state index contributed by atoms with van der Waals surface area (Å²) in [4.78, 5) is 15.5. The molecule has 0 radical (unpaired) electrons. The molecule has 0 bridgehead atoms. The Hall–Kier alpha value is -1.91. The zero-order chi connectivity index (χ0) is 17.2. The van der Waals surface area contributed by atoms with Crippen molar-refractivity contribution in [1.29, 1.82) is 0 Å². The third-order valence-electron chi connectivity index (χ3n) is 4.00. The predicted octanol–water partition coefficient (Wildman–Crippen LogP) is 5.33. The van der Waals surface area contributed by atoms with Crippen molar-refractivity contribution in [2.45, 2.75) is 59.4 Å². The van der Waals surface area contributed by atoms with Crippen molar-refractivity contribution in [2.24, 2.45) is 16.8 Å². The Balaban J connectivity index is 2.46. The van der Waals surface area contributed by atoms with Crippen molar-refractivity contribution in [3.63, 3.8) is 0 Å². The van der Waals surface area contributed by atoms with Crippen molar-refractivity contribution in [3.05, 3.63) is 28.3 Å². The molecule has 23 heavy (non-hydrogen) atoms. The lowest BCUT2D eigenvalue weighted by molar-refractivity contribution is -0.384. The van der Waals surface area contributed by atoms with Crippen LogP contribution >= 0.6 is 0 Å². The van der Waals surface area contributed by atoms with E-state index in [9.17, 15) is 10.1 Å². The molecular weight excluding hydrogens is 290 g/mol. The lowest BCUT2D eigenvalue weighted by atomic mass is 9.84. The minimum Gasteiger partial charge on any atom is -0.378 e. The summed E-state index contributed by atoms with van der Waals surface area (Å²) in [6, 6.07) is 4.89. The summed E-state index contributed by atoms with van der Waals surface area (Å²) in [5, 5.41) is 14.6. The molecule has 1 aromatic carbocycles. The van der Waals surface area contributed by atoms with E-state index in [0.29, 0.717) is 11.8 Å². The van der Waals surface area contributed by atoms with E-state index >= 15 is 0 Å². The van der Waals surface area contributed by atoms with Crippen LogP contribution in [0.15, 0.2) is 23.2 Å². The molecule has 1 N–H and O–H groups in total. The second-order valence-electron chi connectivity index (χ2n) is 7.69. The van der Waals surface area contributed by atoms with Crippen LogP contribution in [-0.2, 0) is 0 Å². The van der Waals surface area contributed by atoms with Gasteiger partial charge in [-0.05, 0) is 37.7 Å². The molecule has 1 heterocycles. The third kappa shape index (κ3) is 4.53. The summed E-state index contributed by atoms with van der Waals surface area (Å²) in [6.07, 6.45) is 2.81. The number of nitro benzene ring substituents is 1. The SMILES string of the molecule is CC(C)CC1=Nc2ccc([N+](=O)[O-])cc2NC(C)(CC(C)C)C1. The van der Waals surface area contributed by atoms with Crippen LogP contribution in [0.2, 0.25) is 0 Å². The van der Waals surface area contributed by atoms with Crippen molar-refractivity contribution < 1.29 is 4.92 Å². The zero-order valence-electron chi connectivity index (χ0n) is 14.7. The van der Waals surface area contributed by atoms with Crippen LogP contribution in [0.25, 0.3) is 0 Å². The van der Waals surface area contributed by atoms with E-state index in [0.717, 1.165) is 30.6 Å². The van der Waals surface area contributed by atoms with Gasteiger partial charge in [-0.2, -0.15) is 0 Å². The number of hydrogen-bond acceptors (Lipinski definition) is 4. The molecule has 5 heteroatoms. The number of hydrogen-bond donors (Lipinski definition) is 1. The summed E-state index contributed by atoms with van der Waals surface area (Å²) in [5.74, 6) is 1.07. The second kappa shape index (κ2) is 6.69. The first-order valence-electron chi connectivity index (χ1n) is 8.31. The summed E-state index contributed by atoms with van der Waals surface area (Å²) in [5.41, 5.74) is 2.70. The maximum atomic E-state index is 11.1. The van der Waals surface area contributed by atoms with Crippen LogP contribution in [0.1, 0.15) is 53.9 Å². The van der Waals surface area contributed by atoms with E-state index in [1.54, 1.807) is 12.1 Å². The van der Waals surface area contributed by atoms with Crippen LogP contribution < -0.4 is 5.32 Å². The Morgan fingerprint density at radius 1 is 1.30 bits per heavy atom. The van der Waals surface area contributed by atoms with Gasteiger partial charge in [-0.25, -0.2) is 0 Å². The minimum absolute atomic E-state index is 0.102. The van der Waals surface area contributed by atoms with Gasteiger partial charge in [0.2, 0.25) is 0 Å². The summed E-state index contributed by atoms with van der Waals surface area (Å²) >= 11 is 0.